The molecule has 0 amide bonds. The van der Waals surface area contributed by atoms with Crippen molar-refractivity contribution in [3.63, 3.8) is 0 Å². The largest absolute Gasteiger partial charge is 0.383 e. The minimum Gasteiger partial charge on any atom is -0.383 e. The highest BCUT2D eigenvalue weighted by atomic mass is 32.2. The number of hydrogen-bond acceptors (Lipinski definition) is 6. The molecule has 0 aliphatic heterocycles. The molecule has 0 radical (unpaired) electrons. The highest BCUT2D eigenvalue weighted by Gasteiger charge is 2.11. The van der Waals surface area contributed by atoms with Gasteiger partial charge in [-0.2, -0.15) is 0 Å². The molecule has 0 spiro atoms. The highest BCUT2D eigenvalue weighted by Crippen LogP contribution is 2.24. The van der Waals surface area contributed by atoms with Crippen LogP contribution in [0.1, 0.15) is 17.0 Å². The topological polar surface area (TPSA) is 66.0 Å². The third kappa shape index (κ3) is 2.91. The van der Waals surface area contributed by atoms with Crippen LogP contribution in [0, 0.1) is 13.8 Å². The molecule has 98 valence electrons. The molecular formula is C11H16N4O2S. The van der Waals surface area contributed by atoms with Crippen LogP contribution in [0.25, 0.3) is 0 Å². The van der Waals surface area contributed by atoms with Crippen molar-refractivity contribution >= 4 is 11.8 Å². The molecule has 0 aromatic carbocycles. The zero-order valence-corrected chi connectivity index (χ0v) is 11.5. The Morgan fingerprint density at radius 1 is 1.44 bits per heavy atom. The van der Waals surface area contributed by atoms with Crippen LogP contribution >= 0.6 is 11.8 Å². The molecule has 6 nitrogen and oxygen atoms in total. The summed E-state index contributed by atoms with van der Waals surface area (Å²) in [5.41, 5.74) is 2.06. The molecular weight excluding hydrogens is 252 g/mol. The summed E-state index contributed by atoms with van der Waals surface area (Å²) in [4.78, 5) is 0. The Morgan fingerprint density at radius 3 is 2.94 bits per heavy atom. The molecule has 18 heavy (non-hydrogen) atoms. The third-order valence-corrected chi connectivity index (χ3v) is 3.65. The normalized spacial score (nSPS) is 11.1. The van der Waals surface area contributed by atoms with Crippen LogP contribution in [0.3, 0.4) is 0 Å². The van der Waals surface area contributed by atoms with E-state index in [9.17, 15) is 0 Å². The monoisotopic (exact) mass is 268 g/mol. The van der Waals surface area contributed by atoms with E-state index in [1.165, 1.54) is 0 Å². The van der Waals surface area contributed by atoms with Crippen LogP contribution in [-0.4, -0.2) is 33.6 Å². The maximum absolute atomic E-state index is 5.13. The SMILES string of the molecule is COCCn1cnnc1SCc1c(C)noc1C. The second-order valence-electron chi connectivity index (χ2n) is 3.89. The van der Waals surface area contributed by atoms with Gasteiger partial charge in [0.2, 0.25) is 0 Å². The molecule has 2 rings (SSSR count). The number of aryl methyl sites for hydroxylation is 2. The van der Waals surface area contributed by atoms with E-state index in [1.54, 1.807) is 25.2 Å². The fourth-order valence-corrected chi connectivity index (χ4v) is 2.64. The van der Waals surface area contributed by atoms with E-state index >= 15 is 0 Å². The lowest BCUT2D eigenvalue weighted by Gasteiger charge is -2.04. The van der Waals surface area contributed by atoms with Gasteiger partial charge in [0.1, 0.15) is 12.1 Å². The number of rotatable bonds is 6. The Labute approximate surface area is 110 Å². The first-order valence-corrected chi connectivity index (χ1v) is 6.62. The molecule has 0 N–H and O–H groups in total. The minimum atomic E-state index is 0.650. The number of thioether (sulfide) groups is 1. The van der Waals surface area contributed by atoms with Crippen molar-refractivity contribution in [2.24, 2.45) is 0 Å². The molecule has 0 unspecified atom stereocenters. The van der Waals surface area contributed by atoms with Crippen LogP contribution in [0.2, 0.25) is 0 Å². The fraction of sp³-hybridized carbons (Fsp3) is 0.545. The Hall–Kier alpha value is -1.34. The first-order chi connectivity index (χ1) is 8.72. The van der Waals surface area contributed by atoms with Crippen LogP contribution in [0.5, 0.6) is 0 Å². The van der Waals surface area contributed by atoms with E-state index in [4.69, 9.17) is 9.26 Å². The zero-order chi connectivity index (χ0) is 13.0. The third-order valence-electron chi connectivity index (χ3n) is 2.64. The van der Waals surface area contributed by atoms with Gasteiger partial charge in [-0.05, 0) is 13.8 Å². The lowest BCUT2D eigenvalue weighted by Crippen LogP contribution is -2.04. The first kappa shape index (κ1) is 13.1. The summed E-state index contributed by atoms with van der Waals surface area (Å²) in [6.45, 7) is 5.28. The number of nitrogens with zero attached hydrogens (tertiary/aromatic N) is 4. The van der Waals surface area contributed by atoms with Crippen LogP contribution in [-0.2, 0) is 17.0 Å². The average Bonchev–Trinajstić information content (AvgIpc) is 2.93. The number of ether oxygens (including phenoxy) is 1. The Morgan fingerprint density at radius 2 is 2.28 bits per heavy atom. The molecule has 2 aromatic heterocycles. The second kappa shape index (κ2) is 6.01. The van der Waals surface area contributed by atoms with Crippen LogP contribution < -0.4 is 0 Å². The minimum absolute atomic E-state index is 0.650. The molecule has 0 aliphatic rings. The van der Waals surface area contributed by atoms with Gasteiger partial charge in [0.25, 0.3) is 0 Å². The van der Waals surface area contributed by atoms with Crippen molar-refractivity contribution in [1.29, 1.82) is 0 Å². The zero-order valence-electron chi connectivity index (χ0n) is 10.7. The van der Waals surface area contributed by atoms with E-state index in [2.05, 4.69) is 15.4 Å². The van der Waals surface area contributed by atoms with Crippen molar-refractivity contribution in [2.45, 2.75) is 31.3 Å². The van der Waals surface area contributed by atoms with Gasteiger partial charge in [-0.15, -0.1) is 10.2 Å². The standard InChI is InChI=1S/C11H16N4O2S/c1-8-10(9(2)17-14-8)6-18-11-13-12-7-15(11)4-5-16-3/h7H,4-6H2,1-3H3. The van der Waals surface area contributed by atoms with Gasteiger partial charge in [0, 0.05) is 25.0 Å². The molecule has 0 bridgehead atoms. The molecule has 0 fully saturated rings. The summed E-state index contributed by atoms with van der Waals surface area (Å²) >= 11 is 1.62. The summed E-state index contributed by atoms with van der Waals surface area (Å²) in [6, 6.07) is 0. The van der Waals surface area contributed by atoms with Crippen molar-refractivity contribution < 1.29 is 9.26 Å². The van der Waals surface area contributed by atoms with Crippen LogP contribution in [0.15, 0.2) is 16.0 Å². The average molecular weight is 268 g/mol. The van der Waals surface area contributed by atoms with Gasteiger partial charge in [0.15, 0.2) is 5.16 Å². The van der Waals surface area contributed by atoms with Gasteiger partial charge in [-0.1, -0.05) is 16.9 Å². The summed E-state index contributed by atoms with van der Waals surface area (Å²) in [7, 11) is 1.68. The molecule has 0 atom stereocenters. The Balaban J connectivity index is 2.00. The summed E-state index contributed by atoms with van der Waals surface area (Å²) in [6.07, 6.45) is 1.72. The fourth-order valence-electron chi connectivity index (χ4n) is 1.54. The maximum Gasteiger partial charge on any atom is 0.191 e. The van der Waals surface area contributed by atoms with E-state index in [-0.39, 0.29) is 0 Å². The van der Waals surface area contributed by atoms with Gasteiger partial charge >= 0.3 is 0 Å². The lowest BCUT2D eigenvalue weighted by molar-refractivity contribution is 0.184. The molecule has 0 saturated carbocycles. The summed E-state index contributed by atoms with van der Waals surface area (Å²) in [5, 5.41) is 12.8. The lowest BCUT2D eigenvalue weighted by atomic mass is 10.2. The number of methoxy groups -OCH3 is 1. The van der Waals surface area contributed by atoms with Gasteiger partial charge in [-0.25, -0.2) is 0 Å². The second-order valence-corrected chi connectivity index (χ2v) is 4.83. The molecule has 2 heterocycles. The number of hydrogen-bond donors (Lipinski definition) is 0. The van der Waals surface area contributed by atoms with E-state index in [0.717, 1.165) is 34.5 Å². The number of aromatic nitrogens is 4. The van der Waals surface area contributed by atoms with Gasteiger partial charge < -0.3 is 13.8 Å². The van der Waals surface area contributed by atoms with Crippen LogP contribution in [0.4, 0.5) is 0 Å². The summed E-state index contributed by atoms with van der Waals surface area (Å²) < 4.78 is 12.2. The predicted octanol–water partition coefficient (Wildman–Crippen LogP) is 1.82. The van der Waals surface area contributed by atoms with Crippen molar-refractivity contribution in [3.05, 3.63) is 23.3 Å². The molecule has 2 aromatic rings. The summed E-state index contributed by atoms with van der Waals surface area (Å²) in [5.74, 6) is 1.65. The molecule has 0 saturated heterocycles. The highest BCUT2D eigenvalue weighted by molar-refractivity contribution is 7.98. The molecule has 7 heteroatoms. The smallest absolute Gasteiger partial charge is 0.191 e. The van der Waals surface area contributed by atoms with E-state index in [1.807, 2.05) is 18.4 Å². The molecule has 0 aliphatic carbocycles. The predicted molar refractivity (Wildman–Crippen MR) is 67.4 cm³/mol. The van der Waals surface area contributed by atoms with E-state index in [0.29, 0.717) is 6.61 Å². The first-order valence-electron chi connectivity index (χ1n) is 5.63. The Bertz CT molecular complexity index is 489. The van der Waals surface area contributed by atoms with Gasteiger partial charge in [-0.3, -0.25) is 0 Å². The quantitative estimate of drug-likeness (QED) is 0.745. The van der Waals surface area contributed by atoms with Crippen molar-refractivity contribution in [1.82, 2.24) is 19.9 Å². The van der Waals surface area contributed by atoms with Crippen molar-refractivity contribution in [3.8, 4) is 0 Å². The van der Waals surface area contributed by atoms with Crippen molar-refractivity contribution in [2.75, 3.05) is 13.7 Å². The van der Waals surface area contributed by atoms with E-state index < -0.39 is 0 Å². The maximum atomic E-state index is 5.13. The Kier molecular flexibility index (Phi) is 4.38. The van der Waals surface area contributed by atoms with Gasteiger partial charge in [0.05, 0.1) is 12.3 Å².